The van der Waals surface area contributed by atoms with Crippen molar-refractivity contribution in [2.75, 3.05) is 0 Å². The minimum absolute atomic E-state index is 0.0744. The Bertz CT molecular complexity index is 302. The molecular formula is C17H27O. The van der Waals surface area contributed by atoms with Crippen LogP contribution in [0.5, 0.6) is 5.75 Å². The summed E-state index contributed by atoms with van der Waals surface area (Å²) in [6.45, 7) is 8.39. The van der Waals surface area contributed by atoms with E-state index < -0.39 is 0 Å². The highest BCUT2D eigenvalue weighted by Gasteiger charge is 2.02. The molecule has 1 rings (SSSR count). The third-order valence-electron chi connectivity index (χ3n) is 3.16. The van der Waals surface area contributed by atoms with Crippen LogP contribution in [0.2, 0.25) is 0 Å². The van der Waals surface area contributed by atoms with Crippen molar-refractivity contribution in [2.24, 2.45) is 0 Å². The van der Waals surface area contributed by atoms with E-state index in [1.54, 1.807) is 0 Å². The van der Waals surface area contributed by atoms with Gasteiger partial charge in [-0.1, -0.05) is 51.7 Å². The first kappa shape index (κ1) is 15.1. The van der Waals surface area contributed by atoms with E-state index in [0.717, 1.165) is 18.6 Å². The monoisotopic (exact) mass is 247 g/mol. The number of aryl methyl sites for hydroxylation is 1. The summed E-state index contributed by atoms with van der Waals surface area (Å²) in [5.41, 5.74) is 1.41. The Hall–Kier alpha value is -0.980. The highest BCUT2D eigenvalue weighted by molar-refractivity contribution is 5.27. The normalized spacial score (nSPS) is 12.4. The predicted molar refractivity (Wildman–Crippen MR) is 79.0 cm³/mol. The van der Waals surface area contributed by atoms with E-state index in [1.807, 2.05) is 0 Å². The summed E-state index contributed by atoms with van der Waals surface area (Å²) >= 11 is 0. The van der Waals surface area contributed by atoms with Crippen molar-refractivity contribution in [1.82, 2.24) is 0 Å². The Labute approximate surface area is 113 Å². The smallest absolute Gasteiger partial charge is 0.119 e. The first-order chi connectivity index (χ1) is 8.76. The zero-order valence-corrected chi connectivity index (χ0v) is 12.0. The van der Waals surface area contributed by atoms with E-state index in [0.29, 0.717) is 0 Å². The minimum atomic E-state index is 0.0744. The largest absolute Gasteiger partial charge is 0.490 e. The van der Waals surface area contributed by atoms with Gasteiger partial charge < -0.3 is 4.74 Å². The molecule has 0 spiro atoms. The van der Waals surface area contributed by atoms with E-state index in [-0.39, 0.29) is 6.10 Å². The second-order valence-electron chi connectivity index (χ2n) is 4.98. The van der Waals surface area contributed by atoms with Gasteiger partial charge in [-0.3, -0.25) is 0 Å². The molecule has 1 heteroatoms. The van der Waals surface area contributed by atoms with Gasteiger partial charge in [0.05, 0.1) is 6.10 Å². The van der Waals surface area contributed by atoms with E-state index in [9.17, 15) is 0 Å². The van der Waals surface area contributed by atoms with Gasteiger partial charge in [0.1, 0.15) is 5.75 Å². The average molecular weight is 247 g/mol. The van der Waals surface area contributed by atoms with Crippen molar-refractivity contribution in [3.05, 3.63) is 36.8 Å². The fraction of sp³-hybridized carbons (Fsp3) is 0.588. The summed E-state index contributed by atoms with van der Waals surface area (Å²) < 4.78 is 5.74. The van der Waals surface area contributed by atoms with Crippen LogP contribution in [-0.4, -0.2) is 6.10 Å². The molecule has 1 aromatic carbocycles. The van der Waals surface area contributed by atoms with Crippen molar-refractivity contribution in [3.63, 3.8) is 0 Å². The van der Waals surface area contributed by atoms with Gasteiger partial charge >= 0.3 is 0 Å². The van der Waals surface area contributed by atoms with Crippen LogP contribution in [0.25, 0.3) is 0 Å². The lowest BCUT2D eigenvalue weighted by Crippen LogP contribution is -2.11. The van der Waals surface area contributed by atoms with Gasteiger partial charge in [-0.2, -0.15) is 0 Å². The van der Waals surface area contributed by atoms with Gasteiger partial charge in [0, 0.05) is 0 Å². The molecule has 0 amide bonds. The molecule has 0 saturated carbocycles. The first-order valence-electron chi connectivity index (χ1n) is 7.35. The molecule has 0 aliphatic heterocycles. The molecule has 101 valence electrons. The maximum absolute atomic E-state index is 5.74. The zero-order chi connectivity index (χ0) is 13.2. The summed E-state index contributed by atoms with van der Waals surface area (Å²) in [5.74, 6) is 0.945. The van der Waals surface area contributed by atoms with Crippen molar-refractivity contribution < 1.29 is 4.74 Å². The van der Waals surface area contributed by atoms with Gasteiger partial charge in [-0.05, 0) is 43.9 Å². The Kier molecular flexibility index (Phi) is 7.55. The molecule has 0 heterocycles. The first-order valence-corrected chi connectivity index (χ1v) is 7.35. The number of rotatable bonds is 9. The predicted octanol–water partition coefficient (Wildman–Crippen LogP) is 5.19. The van der Waals surface area contributed by atoms with Crippen LogP contribution >= 0.6 is 0 Å². The van der Waals surface area contributed by atoms with Gasteiger partial charge in [-0.25, -0.2) is 0 Å². The molecule has 1 nitrogen and oxygen atoms in total. The standard InChI is InChI=1S/C17H27O/c1-4-6-7-8-10-16-11-13-17(14-12-16)18-15(3)9-5-2/h11-15H,3-10H2,1-2H3. The second kappa shape index (κ2) is 9.02. The molecule has 0 saturated heterocycles. The number of ether oxygens (including phenoxy) is 1. The molecule has 1 unspecified atom stereocenters. The number of hydrogen-bond donors (Lipinski definition) is 0. The van der Waals surface area contributed by atoms with Crippen LogP contribution in [-0.2, 0) is 6.42 Å². The molecule has 1 aromatic rings. The lowest BCUT2D eigenvalue weighted by atomic mass is 10.1. The number of hydrogen-bond acceptors (Lipinski definition) is 1. The lowest BCUT2D eigenvalue weighted by Gasteiger charge is -2.13. The molecule has 18 heavy (non-hydrogen) atoms. The molecule has 0 aliphatic rings. The van der Waals surface area contributed by atoms with Crippen LogP contribution < -0.4 is 4.74 Å². The topological polar surface area (TPSA) is 9.23 Å². The highest BCUT2D eigenvalue weighted by Crippen LogP contribution is 2.17. The van der Waals surface area contributed by atoms with E-state index in [2.05, 4.69) is 45.0 Å². The molecule has 0 aliphatic carbocycles. The maximum atomic E-state index is 5.74. The molecule has 0 fully saturated rings. The van der Waals surface area contributed by atoms with Crippen LogP contribution in [0.1, 0.15) is 57.9 Å². The van der Waals surface area contributed by atoms with Crippen LogP contribution in [0.4, 0.5) is 0 Å². The van der Waals surface area contributed by atoms with Crippen molar-refractivity contribution in [1.29, 1.82) is 0 Å². The van der Waals surface area contributed by atoms with E-state index in [1.165, 1.54) is 37.7 Å². The van der Waals surface area contributed by atoms with Gasteiger partial charge in [0.15, 0.2) is 0 Å². The minimum Gasteiger partial charge on any atom is -0.490 e. The summed E-state index contributed by atoms with van der Waals surface area (Å²) in [6, 6.07) is 8.51. The lowest BCUT2D eigenvalue weighted by molar-refractivity contribution is 0.235. The van der Waals surface area contributed by atoms with Gasteiger partial charge in [0.2, 0.25) is 0 Å². The highest BCUT2D eigenvalue weighted by atomic mass is 16.5. The SMILES string of the molecule is [CH2]C(CCC)Oc1ccc(CCCCCC)cc1. The molecule has 1 radical (unpaired) electrons. The van der Waals surface area contributed by atoms with Crippen molar-refractivity contribution >= 4 is 0 Å². The van der Waals surface area contributed by atoms with Crippen LogP contribution in [0, 0.1) is 6.92 Å². The number of benzene rings is 1. The quantitative estimate of drug-likeness (QED) is 0.546. The van der Waals surface area contributed by atoms with Crippen molar-refractivity contribution in [3.8, 4) is 5.75 Å². The summed E-state index contributed by atoms with van der Waals surface area (Å²) in [6.07, 6.45) is 8.67. The summed E-state index contributed by atoms with van der Waals surface area (Å²) in [4.78, 5) is 0. The molecule has 0 N–H and O–H groups in total. The molecule has 1 atom stereocenters. The zero-order valence-electron chi connectivity index (χ0n) is 12.0. The molecule has 0 aromatic heterocycles. The summed E-state index contributed by atoms with van der Waals surface area (Å²) in [7, 11) is 0. The summed E-state index contributed by atoms with van der Waals surface area (Å²) in [5, 5.41) is 0. The van der Waals surface area contributed by atoms with Crippen LogP contribution in [0.15, 0.2) is 24.3 Å². The second-order valence-corrected chi connectivity index (χ2v) is 4.98. The van der Waals surface area contributed by atoms with Gasteiger partial charge in [0.25, 0.3) is 0 Å². The maximum Gasteiger partial charge on any atom is 0.119 e. The van der Waals surface area contributed by atoms with E-state index >= 15 is 0 Å². The Morgan fingerprint density at radius 1 is 1.00 bits per heavy atom. The Morgan fingerprint density at radius 3 is 2.33 bits per heavy atom. The molecule has 0 bridgehead atoms. The fourth-order valence-electron chi connectivity index (χ4n) is 2.06. The third-order valence-corrected chi connectivity index (χ3v) is 3.16. The van der Waals surface area contributed by atoms with Crippen LogP contribution in [0.3, 0.4) is 0 Å². The van der Waals surface area contributed by atoms with Gasteiger partial charge in [-0.15, -0.1) is 0 Å². The van der Waals surface area contributed by atoms with Crippen molar-refractivity contribution in [2.45, 2.75) is 64.9 Å². The Balaban J connectivity index is 2.33. The Morgan fingerprint density at radius 2 is 1.72 bits per heavy atom. The molecular weight excluding hydrogens is 220 g/mol. The average Bonchev–Trinajstić information content (AvgIpc) is 2.37. The fourth-order valence-corrected chi connectivity index (χ4v) is 2.06. The number of unbranched alkanes of at least 4 members (excludes halogenated alkanes) is 3. The third kappa shape index (κ3) is 6.09. The van der Waals surface area contributed by atoms with E-state index in [4.69, 9.17) is 4.74 Å².